The summed E-state index contributed by atoms with van der Waals surface area (Å²) in [6.45, 7) is 7.55. The fraction of sp³-hybridized carbons (Fsp3) is 1.00. The molecule has 1 heterocycles. The number of piperidine rings is 1. The lowest BCUT2D eigenvalue weighted by Crippen LogP contribution is -2.56. The molecule has 0 saturated carbocycles. The first-order valence-electron chi connectivity index (χ1n) is 6.20. The van der Waals surface area contributed by atoms with Crippen LogP contribution in [0, 0.1) is 0 Å². The predicted molar refractivity (Wildman–Crippen MR) is 64.0 cm³/mol. The third kappa shape index (κ3) is 2.71. The van der Waals surface area contributed by atoms with E-state index in [4.69, 9.17) is 10.5 Å². The molecule has 0 bridgehead atoms. The quantitative estimate of drug-likeness (QED) is 0.755. The molecule has 1 aliphatic heterocycles. The molecule has 1 saturated heterocycles. The molecule has 3 heteroatoms. The smallest absolute Gasteiger partial charge is 0.0595 e. The molecule has 1 fully saturated rings. The Morgan fingerprint density at radius 3 is 2.13 bits per heavy atom. The summed E-state index contributed by atoms with van der Waals surface area (Å²) in [4.78, 5) is 2.57. The van der Waals surface area contributed by atoms with Crippen LogP contribution in [-0.2, 0) is 4.74 Å². The minimum Gasteiger partial charge on any atom is -0.381 e. The van der Waals surface area contributed by atoms with Gasteiger partial charge in [-0.3, -0.25) is 4.90 Å². The lowest BCUT2D eigenvalue weighted by atomic mass is 9.88. The van der Waals surface area contributed by atoms with Crippen LogP contribution in [0.25, 0.3) is 0 Å². The molecule has 0 spiro atoms. The van der Waals surface area contributed by atoms with Gasteiger partial charge in [0.05, 0.1) is 6.10 Å². The topological polar surface area (TPSA) is 38.5 Å². The third-order valence-corrected chi connectivity index (χ3v) is 4.14. The van der Waals surface area contributed by atoms with Gasteiger partial charge in [0.25, 0.3) is 0 Å². The summed E-state index contributed by atoms with van der Waals surface area (Å²) in [6.07, 6.45) is 5.07. The second kappa shape index (κ2) is 5.83. The summed E-state index contributed by atoms with van der Waals surface area (Å²) >= 11 is 0. The molecule has 3 nitrogen and oxygen atoms in total. The van der Waals surface area contributed by atoms with Crippen molar-refractivity contribution in [1.82, 2.24) is 4.90 Å². The van der Waals surface area contributed by atoms with Gasteiger partial charge in [-0.2, -0.15) is 0 Å². The Labute approximate surface area is 94.0 Å². The van der Waals surface area contributed by atoms with Gasteiger partial charge in [-0.25, -0.2) is 0 Å². The molecule has 0 aliphatic carbocycles. The number of nitrogens with zero attached hydrogens (tertiary/aromatic N) is 1. The van der Waals surface area contributed by atoms with Crippen LogP contribution in [0.4, 0.5) is 0 Å². The maximum absolute atomic E-state index is 5.95. The lowest BCUT2D eigenvalue weighted by molar-refractivity contribution is -0.00520. The minimum absolute atomic E-state index is 0.235. The van der Waals surface area contributed by atoms with E-state index >= 15 is 0 Å². The van der Waals surface area contributed by atoms with Gasteiger partial charge in [0.2, 0.25) is 0 Å². The maximum Gasteiger partial charge on any atom is 0.0595 e. The van der Waals surface area contributed by atoms with Crippen LogP contribution in [0.1, 0.15) is 39.5 Å². The van der Waals surface area contributed by atoms with Crippen molar-refractivity contribution >= 4 is 0 Å². The van der Waals surface area contributed by atoms with E-state index < -0.39 is 0 Å². The van der Waals surface area contributed by atoms with E-state index in [2.05, 4.69) is 18.7 Å². The molecular weight excluding hydrogens is 188 g/mol. The van der Waals surface area contributed by atoms with Gasteiger partial charge in [0.1, 0.15) is 0 Å². The van der Waals surface area contributed by atoms with Crippen LogP contribution in [0.5, 0.6) is 0 Å². The Balaban J connectivity index is 2.56. The molecule has 0 unspecified atom stereocenters. The van der Waals surface area contributed by atoms with E-state index in [1.165, 1.54) is 0 Å². The molecule has 0 aromatic rings. The monoisotopic (exact) mass is 214 g/mol. The van der Waals surface area contributed by atoms with Crippen LogP contribution in [0.2, 0.25) is 0 Å². The second-order valence-electron chi connectivity index (χ2n) is 4.56. The Bertz CT molecular complexity index is 164. The normalized spacial score (nSPS) is 20.8. The highest BCUT2D eigenvalue weighted by Gasteiger charge is 2.34. The zero-order valence-electron chi connectivity index (χ0n) is 10.5. The number of likely N-dealkylation sites (tertiary alicyclic amines) is 1. The van der Waals surface area contributed by atoms with Crippen molar-refractivity contribution in [2.45, 2.75) is 51.2 Å². The lowest BCUT2D eigenvalue weighted by Gasteiger charge is -2.45. The first-order chi connectivity index (χ1) is 7.22. The average Bonchev–Trinajstić information content (AvgIpc) is 2.33. The zero-order chi connectivity index (χ0) is 11.3. The molecule has 0 aromatic heterocycles. The number of hydrogen-bond acceptors (Lipinski definition) is 3. The van der Waals surface area contributed by atoms with Crippen LogP contribution < -0.4 is 5.73 Å². The first-order valence-corrected chi connectivity index (χ1v) is 6.20. The van der Waals surface area contributed by atoms with Gasteiger partial charge in [-0.15, -0.1) is 0 Å². The number of hydrogen-bond donors (Lipinski definition) is 1. The van der Waals surface area contributed by atoms with Crippen molar-refractivity contribution in [3.8, 4) is 0 Å². The summed E-state index contributed by atoms with van der Waals surface area (Å²) in [6, 6.07) is 0. The Kier molecular flexibility index (Phi) is 5.03. The third-order valence-electron chi connectivity index (χ3n) is 4.14. The molecule has 1 rings (SSSR count). The fourth-order valence-electron chi connectivity index (χ4n) is 2.68. The average molecular weight is 214 g/mol. The molecule has 2 N–H and O–H groups in total. The van der Waals surface area contributed by atoms with Crippen LogP contribution in [0.15, 0.2) is 0 Å². The van der Waals surface area contributed by atoms with Crippen LogP contribution in [0.3, 0.4) is 0 Å². The molecule has 90 valence electrons. The number of rotatable bonds is 5. The van der Waals surface area contributed by atoms with E-state index in [1.807, 2.05) is 7.11 Å². The van der Waals surface area contributed by atoms with E-state index in [0.717, 1.165) is 45.3 Å². The van der Waals surface area contributed by atoms with Gasteiger partial charge in [0, 0.05) is 32.3 Å². The van der Waals surface area contributed by atoms with Gasteiger partial charge in [0.15, 0.2) is 0 Å². The van der Waals surface area contributed by atoms with Crippen molar-refractivity contribution < 1.29 is 4.74 Å². The molecular formula is C12H26N2O. The minimum atomic E-state index is 0.235. The number of nitrogens with two attached hydrogens (primary N) is 1. The SMILES string of the molecule is CCC(CC)(CN)N1CCC(OC)CC1. The Morgan fingerprint density at radius 2 is 1.80 bits per heavy atom. The van der Waals surface area contributed by atoms with Crippen molar-refractivity contribution in [2.75, 3.05) is 26.7 Å². The Hall–Kier alpha value is -0.120. The van der Waals surface area contributed by atoms with Crippen LogP contribution in [-0.4, -0.2) is 43.3 Å². The summed E-state index contributed by atoms with van der Waals surface area (Å²) in [5.41, 5.74) is 6.19. The highest BCUT2D eigenvalue weighted by molar-refractivity contribution is 4.91. The van der Waals surface area contributed by atoms with Crippen LogP contribution >= 0.6 is 0 Å². The zero-order valence-corrected chi connectivity index (χ0v) is 10.5. The molecule has 1 aliphatic rings. The first kappa shape index (κ1) is 12.9. The van der Waals surface area contributed by atoms with Crippen molar-refractivity contribution in [3.05, 3.63) is 0 Å². The van der Waals surface area contributed by atoms with Crippen molar-refractivity contribution in [1.29, 1.82) is 0 Å². The highest BCUT2D eigenvalue weighted by Crippen LogP contribution is 2.27. The standard InChI is InChI=1S/C12H26N2O/c1-4-12(5-2,10-13)14-8-6-11(15-3)7-9-14/h11H,4-10,13H2,1-3H3. The van der Waals surface area contributed by atoms with E-state index in [9.17, 15) is 0 Å². The Morgan fingerprint density at radius 1 is 1.27 bits per heavy atom. The van der Waals surface area contributed by atoms with E-state index in [0.29, 0.717) is 6.10 Å². The maximum atomic E-state index is 5.95. The fourth-order valence-corrected chi connectivity index (χ4v) is 2.68. The summed E-state index contributed by atoms with van der Waals surface area (Å²) in [5, 5.41) is 0. The van der Waals surface area contributed by atoms with Gasteiger partial charge in [-0.1, -0.05) is 13.8 Å². The second-order valence-corrected chi connectivity index (χ2v) is 4.56. The number of methoxy groups -OCH3 is 1. The van der Waals surface area contributed by atoms with E-state index in [-0.39, 0.29) is 5.54 Å². The van der Waals surface area contributed by atoms with Gasteiger partial charge < -0.3 is 10.5 Å². The largest absolute Gasteiger partial charge is 0.381 e. The summed E-state index contributed by atoms with van der Waals surface area (Å²) < 4.78 is 5.40. The highest BCUT2D eigenvalue weighted by atomic mass is 16.5. The number of ether oxygens (including phenoxy) is 1. The predicted octanol–water partition coefficient (Wildman–Crippen LogP) is 1.61. The summed E-state index contributed by atoms with van der Waals surface area (Å²) in [7, 11) is 1.82. The van der Waals surface area contributed by atoms with Crippen molar-refractivity contribution in [3.63, 3.8) is 0 Å². The molecule has 0 amide bonds. The molecule has 0 radical (unpaired) electrons. The van der Waals surface area contributed by atoms with E-state index in [1.54, 1.807) is 0 Å². The molecule has 0 aromatic carbocycles. The molecule has 0 atom stereocenters. The summed E-state index contributed by atoms with van der Waals surface area (Å²) in [5.74, 6) is 0. The molecule has 15 heavy (non-hydrogen) atoms. The van der Waals surface area contributed by atoms with Gasteiger partial charge in [-0.05, 0) is 25.7 Å². The van der Waals surface area contributed by atoms with Crippen molar-refractivity contribution in [2.24, 2.45) is 5.73 Å². The van der Waals surface area contributed by atoms with Gasteiger partial charge >= 0.3 is 0 Å².